The second-order valence-corrected chi connectivity index (χ2v) is 7.11. The van der Waals surface area contributed by atoms with E-state index in [-0.39, 0.29) is 0 Å². The Bertz CT molecular complexity index is 1320. The van der Waals surface area contributed by atoms with E-state index in [4.69, 9.17) is 5.10 Å². The van der Waals surface area contributed by atoms with Crippen molar-refractivity contribution >= 4 is 16.7 Å². The molecule has 5 rings (SSSR count). The Morgan fingerprint density at radius 1 is 0.857 bits per heavy atom. The number of rotatable bonds is 3. The van der Waals surface area contributed by atoms with Crippen molar-refractivity contribution in [2.24, 2.45) is 0 Å². The first-order valence-corrected chi connectivity index (χ1v) is 9.28. The monoisotopic (exact) mass is 365 g/mol. The summed E-state index contributed by atoms with van der Waals surface area (Å²) in [6.07, 6.45) is 6.19. The number of benzene rings is 2. The molecule has 5 nitrogen and oxygen atoms in total. The molecule has 0 unspecified atom stereocenters. The highest BCUT2D eigenvalue weighted by molar-refractivity contribution is 5.79. The van der Waals surface area contributed by atoms with Crippen LogP contribution in [0.25, 0.3) is 27.9 Å². The number of nitrogens with zero attached hydrogens (tertiary/aromatic N) is 5. The van der Waals surface area contributed by atoms with Crippen molar-refractivity contribution in [3.05, 3.63) is 89.5 Å². The van der Waals surface area contributed by atoms with E-state index in [1.165, 1.54) is 16.7 Å². The second-order valence-electron chi connectivity index (χ2n) is 7.11. The summed E-state index contributed by atoms with van der Waals surface area (Å²) in [4.78, 5) is 13.3. The molecule has 0 aliphatic heterocycles. The maximum absolute atomic E-state index is 4.81. The smallest absolute Gasteiger partial charge is 0.250 e. The van der Waals surface area contributed by atoms with Crippen LogP contribution in [0.5, 0.6) is 0 Å². The molecule has 3 aromatic heterocycles. The van der Waals surface area contributed by atoms with E-state index in [9.17, 15) is 0 Å². The van der Waals surface area contributed by atoms with Crippen LogP contribution in [-0.2, 0) is 6.42 Å². The first kappa shape index (κ1) is 16.6. The van der Waals surface area contributed by atoms with Crippen LogP contribution in [0.15, 0.2) is 67.1 Å². The molecule has 28 heavy (non-hydrogen) atoms. The van der Waals surface area contributed by atoms with Crippen molar-refractivity contribution < 1.29 is 0 Å². The minimum absolute atomic E-state index is 0.616. The van der Waals surface area contributed by atoms with Gasteiger partial charge in [0.25, 0.3) is 5.78 Å². The summed E-state index contributed by atoms with van der Waals surface area (Å²) in [5, 5.41) is 5.95. The van der Waals surface area contributed by atoms with E-state index < -0.39 is 0 Å². The number of imidazole rings is 1. The van der Waals surface area contributed by atoms with E-state index in [0.29, 0.717) is 5.78 Å². The van der Waals surface area contributed by atoms with Crippen molar-refractivity contribution in [1.29, 1.82) is 0 Å². The standard InChI is InChI=1S/C23H19N5/c1-15-5-7-19(10-16(15)2)22-14-26-23-25-13-20(28(23)27-22)12-17-6-8-21-18(11-17)4-3-9-24-21/h3-11,13-14H,12H2,1-2H3. The average molecular weight is 365 g/mol. The molecule has 0 aliphatic rings. The molecule has 0 saturated heterocycles. The maximum Gasteiger partial charge on any atom is 0.250 e. The molecule has 0 N–H and O–H groups in total. The molecule has 0 aliphatic carbocycles. The first-order chi connectivity index (χ1) is 13.7. The normalized spacial score (nSPS) is 11.4. The Morgan fingerprint density at radius 2 is 1.75 bits per heavy atom. The van der Waals surface area contributed by atoms with Crippen molar-refractivity contribution in [1.82, 2.24) is 24.6 Å². The average Bonchev–Trinajstić information content (AvgIpc) is 3.12. The molecule has 5 heteroatoms. The van der Waals surface area contributed by atoms with Crippen LogP contribution in [0.1, 0.15) is 22.4 Å². The SMILES string of the molecule is Cc1ccc(-c2cnc3ncc(Cc4ccc5ncccc5c4)n3n2)cc1C. The molecule has 0 radical (unpaired) electrons. The molecule has 2 aromatic carbocycles. The lowest BCUT2D eigenvalue weighted by molar-refractivity contribution is 0.854. The Balaban J connectivity index is 1.54. The van der Waals surface area contributed by atoms with Gasteiger partial charge in [-0.3, -0.25) is 4.98 Å². The van der Waals surface area contributed by atoms with Crippen molar-refractivity contribution in [3.8, 4) is 11.3 Å². The van der Waals surface area contributed by atoms with Crippen LogP contribution in [0.4, 0.5) is 0 Å². The van der Waals surface area contributed by atoms with Gasteiger partial charge in [0.05, 0.1) is 23.6 Å². The lowest BCUT2D eigenvalue weighted by Crippen LogP contribution is -2.02. The molecule has 3 heterocycles. The zero-order valence-electron chi connectivity index (χ0n) is 15.8. The predicted octanol–water partition coefficient (Wildman–Crippen LogP) is 4.55. The largest absolute Gasteiger partial charge is 0.256 e. The van der Waals surface area contributed by atoms with Gasteiger partial charge in [-0.25, -0.2) is 14.5 Å². The summed E-state index contributed by atoms with van der Waals surface area (Å²) in [6.45, 7) is 4.23. The Morgan fingerprint density at radius 3 is 2.64 bits per heavy atom. The van der Waals surface area contributed by atoms with Gasteiger partial charge >= 0.3 is 0 Å². The third-order valence-electron chi connectivity index (χ3n) is 5.16. The predicted molar refractivity (Wildman–Crippen MR) is 110 cm³/mol. The molecule has 0 fully saturated rings. The van der Waals surface area contributed by atoms with Crippen LogP contribution in [0.3, 0.4) is 0 Å². The zero-order chi connectivity index (χ0) is 19.1. The molecule has 5 aromatic rings. The van der Waals surface area contributed by atoms with Gasteiger partial charge in [0.1, 0.15) is 5.69 Å². The highest BCUT2D eigenvalue weighted by atomic mass is 15.3. The van der Waals surface area contributed by atoms with Crippen LogP contribution >= 0.6 is 0 Å². The summed E-state index contributed by atoms with van der Waals surface area (Å²) < 4.78 is 1.85. The fourth-order valence-corrected chi connectivity index (χ4v) is 3.42. The lowest BCUT2D eigenvalue weighted by Gasteiger charge is -2.07. The first-order valence-electron chi connectivity index (χ1n) is 9.28. The van der Waals surface area contributed by atoms with Gasteiger partial charge < -0.3 is 0 Å². The Hall–Kier alpha value is -3.60. The summed E-state index contributed by atoms with van der Waals surface area (Å²) in [7, 11) is 0. The molecule has 0 amide bonds. The van der Waals surface area contributed by atoms with Crippen molar-refractivity contribution in [2.45, 2.75) is 20.3 Å². The number of aromatic nitrogens is 5. The molecular weight excluding hydrogens is 346 g/mol. The molecule has 0 bridgehead atoms. The Labute approximate surface area is 162 Å². The van der Waals surface area contributed by atoms with E-state index in [1.807, 2.05) is 23.0 Å². The van der Waals surface area contributed by atoms with Crippen molar-refractivity contribution in [3.63, 3.8) is 0 Å². The number of hydrogen-bond donors (Lipinski definition) is 0. The number of fused-ring (bicyclic) bond motifs is 2. The topological polar surface area (TPSA) is 56.0 Å². The summed E-state index contributed by atoms with van der Waals surface area (Å²) >= 11 is 0. The van der Waals surface area contributed by atoms with E-state index in [1.54, 1.807) is 6.20 Å². The number of pyridine rings is 1. The fraction of sp³-hybridized carbons (Fsp3) is 0.130. The van der Waals surface area contributed by atoms with Crippen LogP contribution in [0, 0.1) is 13.8 Å². The molecule has 0 saturated carbocycles. The van der Waals surface area contributed by atoms with E-state index in [2.05, 4.69) is 71.3 Å². The van der Waals surface area contributed by atoms with E-state index in [0.717, 1.165) is 34.3 Å². The van der Waals surface area contributed by atoms with Gasteiger partial charge in [-0.1, -0.05) is 24.3 Å². The van der Waals surface area contributed by atoms with Crippen LogP contribution < -0.4 is 0 Å². The third kappa shape index (κ3) is 2.91. The summed E-state index contributed by atoms with van der Waals surface area (Å²) in [6, 6.07) is 16.7. The van der Waals surface area contributed by atoms with Gasteiger partial charge in [-0.05, 0) is 54.8 Å². The fourth-order valence-electron chi connectivity index (χ4n) is 3.42. The van der Waals surface area contributed by atoms with Gasteiger partial charge in [0.15, 0.2) is 0 Å². The quantitative estimate of drug-likeness (QED) is 0.471. The molecule has 0 spiro atoms. The van der Waals surface area contributed by atoms with Gasteiger partial charge in [-0.15, -0.1) is 0 Å². The van der Waals surface area contributed by atoms with Crippen molar-refractivity contribution in [2.75, 3.05) is 0 Å². The molecule has 0 atom stereocenters. The van der Waals surface area contributed by atoms with Crippen LogP contribution in [0.2, 0.25) is 0 Å². The minimum atomic E-state index is 0.616. The summed E-state index contributed by atoms with van der Waals surface area (Å²) in [5.74, 6) is 0.616. The highest BCUT2D eigenvalue weighted by Gasteiger charge is 2.10. The lowest BCUT2D eigenvalue weighted by atomic mass is 10.0. The van der Waals surface area contributed by atoms with E-state index >= 15 is 0 Å². The number of hydrogen-bond acceptors (Lipinski definition) is 4. The maximum atomic E-state index is 4.81. The minimum Gasteiger partial charge on any atom is -0.256 e. The van der Waals surface area contributed by atoms with Gasteiger partial charge in [-0.2, -0.15) is 5.10 Å². The Kier molecular flexibility index (Phi) is 3.86. The third-order valence-corrected chi connectivity index (χ3v) is 5.16. The van der Waals surface area contributed by atoms with Gasteiger partial charge in [0.2, 0.25) is 0 Å². The molecular formula is C23H19N5. The number of aryl methyl sites for hydroxylation is 2. The van der Waals surface area contributed by atoms with Crippen LogP contribution in [-0.4, -0.2) is 24.6 Å². The summed E-state index contributed by atoms with van der Waals surface area (Å²) in [5.41, 5.74) is 7.63. The highest BCUT2D eigenvalue weighted by Crippen LogP contribution is 2.21. The molecule has 136 valence electrons. The zero-order valence-corrected chi connectivity index (χ0v) is 15.8. The second kappa shape index (κ2) is 6.53. The van der Waals surface area contributed by atoms with Gasteiger partial charge in [0, 0.05) is 23.6 Å².